The van der Waals surface area contributed by atoms with Gasteiger partial charge in [-0.25, -0.2) is 4.98 Å². The van der Waals surface area contributed by atoms with Crippen molar-refractivity contribution in [3.63, 3.8) is 0 Å². The first kappa shape index (κ1) is 15.7. The van der Waals surface area contributed by atoms with Gasteiger partial charge in [0.05, 0.1) is 6.33 Å². The maximum Gasteiger partial charge on any atom is 0.0922 e. The summed E-state index contributed by atoms with van der Waals surface area (Å²) in [5.41, 5.74) is 2.42. The zero-order valence-corrected chi connectivity index (χ0v) is 12.4. The van der Waals surface area contributed by atoms with Gasteiger partial charge in [0.1, 0.15) is 0 Å². The van der Waals surface area contributed by atoms with Crippen LogP contribution in [0.3, 0.4) is 0 Å². The second kappa shape index (κ2) is 9.59. The first-order valence-corrected chi connectivity index (χ1v) is 7.21. The van der Waals surface area contributed by atoms with E-state index in [1.807, 2.05) is 26.1 Å². The molecule has 4 heteroatoms. The monoisotopic (exact) mass is 279 g/mol. The molecule has 0 fully saturated rings. The fraction of sp³-hybridized carbons (Fsp3) is 0.400. The Morgan fingerprint density at radius 2 is 1.89 bits per heavy atom. The molecule has 0 aliphatic rings. The first-order valence-electron chi connectivity index (χ1n) is 6.68. The van der Waals surface area contributed by atoms with E-state index in [1.165, 1.54) is 5.56 Å². The third-order valence-corrected chi connectivity index (χ3v) is 2.77. The normalized spacial score (nSPS) is 10.1. The van der Waals surface area contributed by atoms with E-state index in [-0.39, 0.29) is 0 Å². The lowest BCUT2D eigenvalue weighted by molar-refractivity contribution is 0.270. The largest absolute Gasteiger partial charge is 0.347 e. The lowest BCUT2D eigenvalue weighted by Crippen LogP contribution is -2.25. The quantitative estimate of drug-likeness (QED) is 0.818. The van der Waals surface area contributed by atoms with Crippen LogP contribution in [0.5, 0.6) is 0 Å². The number of nitrogens with one attached hydrogen (secondary N) is 1. The van der Waals surface area contributed by atoms with Crippen molar-refractivity contribution in [3.8, 4) is 0 Å². The summed E-state index contributed by atoms with van der Waals surface area (Å²) in [6.07, 6.45) is 3.56. The summed E-state index contributed by atoms with van der Waals surface area (Å²) in [5.74, 6) is 0.640. The van der Waals surface area contributed by atoms with Crippen LogP contribution in [0.15, 0.2) is 42.9 Å². The van der Waals surface area contributed by atoms with Gasteiger partial charge in [-0.05, 0) is 5.56 Å². The number of benzene rings is 1. The van der Waals surface area contributed by atoms with Gasteiger partial charge in [0, 0.05) is 37.4 Å². The van der Waals surface area contributed by atoms with Crippen LogP contribution in [0.25, 0.3) is 0 Å². The minimum Gasteiger partial charge on any atom is -0.347 e. The van der Waals surface area contributed by atoms with Crippen molar-refractivity contribution in [1.82, 2.24) is 14.9 Å². The highest BCUT2D eigenvalue weighted by atomic mass is 35.5. The second-order valence-corrected chi connectivity index (χ2v) is 4.34. The van der Waals surface area contributed by atoms with E-state index >= 15 is 0 Å². The Morgan fingerprint density at radius 3 is 2.47 bits per heavy atom. The summed E-state index contributed by atoms with van der Waals surface area (Å²) >= 11 is 5.84. The number of aromatic nitrogens is 2. The Labute approximate surface area is 120 Å². The average molecular weight is 280 g/mol. The molecule has 3 nitrogen and oxygen atoms in total. The summed E-state index contributed by atoms with van der Waals surface area (Å²) in [7, 11) is 0. The van der Waals surface area contributed by atoms with Crippen LogP contribution in [0.1, 0.15) is 25.1 Å². The number of rotatable bonds is 6. The number of imidazole rings is 1. The predicted molar refractivity (Wildman–Crippen MR) is 81.2 cm³/mol. The van der Waals surface area contributed by atoms with Crippen LogP contribution >= 0.6 is 11.6 Å². The molecule has 19 heavy (non-hydrogen) atoms. The molecule has 2 rings (SSSR count). The summed E-state index contributed by atoms with van der Waals surface area (Å²) in [6.45, 7) is 6.63. The van der Waals surface area contributed by atoms with Crippen molar-refractivity contribution in [2.75, 3.05) is 12.4 Å². The van der Waals surface area contributed by atoms with Gasteiger partial charge in [-0.1, -0.05) is 44.2 Å². The highest BCUT2D eigenvalue weighted by Gasteiger charge is 2.07. The van der Waals surface area contributed by atoms with Gasteiger partial charge in [-0.2, -0.15) is 0 Å². The zero-order chi connectivity index (χ0) is 13.9. The van der Waals surface area contributed by atoms with Gasteiger partial charge in [-0.3, -0.25) is 4.90 Å². The lowest BCUT2D eigenvalue weighted by Gasteiger charge is -2.20. The molecule has 0 aliphatic heterocycles. The molecule has 1 N–H and O–H groups in total. The molecule has 0 amide bonds. The number of nitrogens with zero attached hydrogens (tertiary/aromatic N) is 2. The van der Waals surface area contributed by atoms with Crippen LogP contribution in [0.4, 0.5) is 0 Å². The second-order valence-electron chi connectivity index (χ2n) is 3.96. The number of hydrogen-bond donors (Lipinski definition) is 1. The van der Waals surface area contributed by atoms with E-state index in [0.717, 1.165) is 25.3 Å². The standard InChI is InChI=1S/C13H16ClN3.C2H6/c14-6-7-17(10-13-8-15-11-16-13)9-12-4-2-1-3-5-12;1-2/h1-5,8,11H,6-7,9-10H2,(H,15,16);1-2H3. The molecular formula is C15H22ClN3. The Bertz CT molecular complexity index is 414. The molecule has 1 heterocycles. The van der Waals surface area contributed by atoms with Crippen LogP contribution in [0, 0.1) is 0 Å². The van der Waals surface area contributed by atoms with Crippen molar-refractivity contribution in [1.29, 1.82) is 0 Å². The molecule has 0 spiro atoms. The van der Waals surface area contributed by atoms with E-state index < -0.39 is 0 Å². The molecular weight excluding hydrogens is 258 g/mol. The van der Waals surface area contributed by atoms with Gasteiger partial charge >= 0.3 is 0 Å². The highest BCUT2D eigenvalue weighted by molar-refractivity contribution is 6.18. The van der Waals surface area contributed by atoms with E-state index in [1.54, 1.807) is 6.33 Å². The van der Waals surface area contributed by atoms with E-state index in [2.05, 4.69) is 39.1 Å². The first-order chi connectivity index (χ1) is 9.38. The fourth-order valence-electron chi connectivity index (χ4n) is 1.79. The van der Waals surface area contributed by atoms with E-state index in [0.29, 0.717) is 5.88 Å². The molecule has 104 valence electrons. The molecule has 0 atom stereocenters. The number of hydrogen-bond acceptors (Lipinski definition) is 2. The molecule has 0 bridgehead atoms. The maximum absolute atomic E-state index is 5.84. The van der Waals surface area contributed by atoms with Gasteiger partial charge in [-0.15, -0.1) is 11.6 Å². The number of alkyl halides is 1. The highest BCUT2D eigenvalue weighted by Crippen LogP contribution is 2.08. The van der Waals surface area contributed by atoms with Crippen molar-refractivity contribution >= 4 is 11.6 Å². The lowest BCUT2D eigenvalue weighted by atomic mass is 10.2. The minimum atomic E-state index is 0.640. The smallest absolute Gasteiger partial charge is 0.0922 e. The van der Waals surface area contributed by atoms with Crippen molar-refractivity contribution < 1.29 is 0 Å². The summed E-state index contributed by atoms with van der Waals surface area (Å²) < 4.78 is 0. The molecule has 0 aliphatic carbocycles. The third kappa shape index (κ3) is 5.90. The van der Waals surface area contributed by atoms with Gasteiger partial charge in [0.25, 0.3) is 0 Å². The molecule has 2 aromatic rings. The average Bonchev–Trinajstić information content (AvgIpc) is 2.95. The van der Waals surface area contributed by atoms with Gasteiger partial charge < -0.3 is 4.98 Å². The Hall–Kier alpha value is -1.32. The molecule has 0 saturated carbocycles. The molecule has 0 saturated heterocycles. The number of halogens is 1. The van der Waals surface area contributed by atoms with Gasteiger partial charge in [0.15, 0.2) is 0 Å². The van der Waals surface area contributed by atoms with Crippen LogP contribution in [-0.2, 0) is 13.1 Å². The molecule has 1 aromatic heterocycles. The summed E-state index contributed by atoms with van der Waals surface area (Å²) in [6, 6.07) is 10.4. The number of H-pyrrole nitrogens is 1. The molecule has 1 aromatic carbocycles. The zero-order valence-electron chi connectivity index (χ0n) is 11.6. The van der Waals surface area contributed by atoms with Crippen LogP contribution in [0.2, 0.25) is 0 Å². The maximum atomic E-state index is 5.84. The Kier molecular flexibility index (Phi) is 7.94. The van der Waals surface area contributed by atoms with Crippen molar-refractivity contribution in [2.24, 2.45) is 0 Å². The van der Waals surface area contributed by atoms with Crippen LogP contribution in [-0.4, -0.2) is 27.3 Å². The minimum absolute atomic E-state index is 0.640. The van der Waals surface area contributed by atoms with E-state index in [4.69, 9.17) is 11.6 Å². The Morgan fingerprint density at radius 1 is 1.16 bits per heavy atom. The molecule has 0 unspecified atom stereocenters. The number of aromatic amines is 1. The van der Waals surface area contributed by atoms with Crippen molar-refractivity contribution in [3.05, 3.63) is 54.1 Å². The SMILES string of the molecule is CC.ClCCN(Cc1ccccc1)Cc1cnc[nH]1. The fourth-order valence-corrected chi connectivity index (χ4v) is 2.03. The summed E-state index contributed by atoms with van der Waals surface area (Å²) in [5, 5.41) is 0. The topological polar surface area (TPSA) is 31.9 Å². The van der Waals surface area contributed by atoms with Crippen molar-refractivity contribution in [2.45, 2.75) is 26.9 Å². The third-order valence-electron chi connectivity index (χ3n) is 2.60. The molecule has 0 radical (unpaired) electrons. The Balaban J connectivity index is 0.000000861. The van der Waals surface area contributed by atoms with E-state index in [9.17, 15) is 0 Å². The van der Waals surface area contributed by atoms with Crippen LogP contribution < -0.4 is 0 Å². The predicted octanol–water partition coefficient (Wildman–Crippen LogP) is 3.68. The summed E-state index contributed by atoms with van der Waals surface area (Å²) in [4.78, 5) is 9.44. The van der Waals surface area contributed by atoms with Gasteiger partial charge in [0.2, 0.25) is 0 Å².